The molecule has 2 fully saturated rings. The van der Waals surface area contributed by atoms with E-state index < -0.39 is 0 Å². The van der Waals surface area contributed by atoms with Crippen LogP contribution in [0.1, 0.15) is 36.8 Å². The maximum atomic E-state index is 12.6. The Morgan fingerprint density at radius 2 is 2.24 bits per heavy atom. The first-order valence-corrected chi connectivity index (χ1v) is 7.78. The second kappa shape index (κ2) is 5.91. The summed E-state index contributed by atoms with van der Waals surface area (Å²) in [4.78, 5) is 12.6. The lowest BCUT2D eigenvalue weighted by atomic mass is 9.88. The Morgan fingerprint density at radius 3 is 2.90 bits per heavy atom. The fraction of sp³-hybridized carbons (Fsp3) is 0.500. The van der Waals surface area contributed by atoms with Gasteiger partial charge in [0.25, 0.3) is 0 Å². The Bertz CT molecular complexity index is 611. The highest BCUT2D eigenvalue weighted by Gasteiger charge is 2.43. The van der Waals surface area contributed by atoms with Crippen LogP contribution in [-0.2, 0) is 4.79 Å². The van der Waals surface area contributed by atoms with Crippen LogP contribution in [0.4, 0.5) is 5.69 Å². The summed E-state index contributed by atoms with van der Waals surface area (Å²) in [6, 6.07) is 5.95. The SMILES string of the molecule is Cc1ccc(C#CCN)c(NC(=O)C2CC3CCC2C3)c1. The number of amides is 1. The molecule has 2 saturated carbocycles. The Kier molecular flexibility index (Phi) is 3.98. The molecule has 0 radical (unpaired) electrons. The van der Waals surface area contributed by atoms with Gasteiger partial charge < -0.3 is 11.1 Å². The van der Waals surface area contributed by atoms with Crippen LogP contribution in [0.25, 0.3) is 0 Å². The minimum atomic E-state index is 0.170. The quantitative estimate of drug-likeness (QED) is 0.819. The van der Waals surface area contributed by atoms with Gasteiger partial charge in [-0.1, -0.05) is 24.3 Å². The van der Waals surface area contributed by atoms with E-state index in [1.54, 1.807) is 0 Å². The highest BCUT2D eigenvalue weighted by atomic mass is 16.1. The lowest BCUT2D eigenvalue weighted by Crippen LogP contribution is -2.27. The third-order valence-corrected chi connectivity index (χ3v) is 4.83. The van der Waals surface area contributed by atoms with Gasteiger partial charge in [0, 0.05) is 11.5 Å². The Morgan fingerprint density at radius 1 is 1.38 bits per heavy atom. The molecular weight excluding hydrogens is 260 g/mol. The molecule has 0 heterocycles. The van der Waals surface area contributed by atoms with Crippen LogP contribution in [0.2, 0.25) is 0 Å². The molecule has 1 amide bonds. The molecule has 2 aliphatic rings. The van der Waals surface area contributed by atoms with Gasteiger partial charge in [-0.2, -0.15) is 0 Å². The minimum Gasteiger partial charge on any atom is -0.325 e. The second-order valence-corrected chi connectivity index (χ2v) is 6.33. The van der Waals surface area contributed by atoms with Gasteiger partial charge in [0.15, 0.2) is 0 Å². The average molecular weight is 282 g/mol. The molecule has 2 aliphatic carbocycles. The van der Waals surface area contributed by atoms with Crippen LogP contribution in [0.5, 0.6) is 0 Å². The number of nitrogens with two attached hydrogens (primary N) is 1. The fourth-order valence-corrected chi connectivity index (χ4v) is 3.81. The predicted octanol–water partition coefficient (Wildman–Crippen LogP) is 2.68. The van der Waals surface area contributed by atoms with E-state index in [1.807, 2.05) is 25.1 Å². The number of anilines is 1. The van der Waals surface area contributed by atoms with E-state index in [0.29, 0.717) is 12.5 Å². The summed E-state index contributed by atoms with van der Waals surface area (Å²) in [6.45, 7) is 2.35. The number of hydrogen-bond acceptors (Lipinski definition) is 2. The molecule has 3 unspecified atom stereocenters. The van der Waals surface area contributed by atoms with Crippen molar-refractivity contribution in [2.75, 3.05) is 11.9 Å². The molecule has 0 saturated heterocycles. The molecular formula is C18H22N2O. The van der Waals surface area contributed by atoms with Gasteiger partial charge in [-0.05, 0) is 55.7 Å². The molecule has 3 rings (SSSR count). The van der Waals surface area contributed by atoms with E-state index in [4.69, 9.17) is 5.73 Å². The standard InChI is InChI=1S/C18H22N2O/c1-12-4-6-14(3-2-8-19)17(9-12)20-18(21)16-11-13-5-7-15(16)10-13/h4,6,9,13,15-16H,5,7-8,10-11,19H2,1H3,(H,20,21). The monoisotopic (exact) mass is 282 g/mol. The normalized spacial score (nSPS) is 26.3. The van der Waals surface area contributed by atoms with E-state index in [9.17, 15) is 4.79 Å². The van der Waals surface area contributed by atoms with Crippen LogP contribution in [0.15, 0.2) is 18.2 Å². The molecule has 110 valence electrons. The number of fused-ring (bicyclic) bond motifs is 2. The summed E-state index contributed by atoms with van der Waals surface area (Å²) in [5, 5.41) is 3.10. The number of carbonyl (C=O) groups is 1. The third-order valence-electron chi connectivity index (χ3n) is 4.83. The van der Waals surface area contributed by atoms with Crippen LogP contribution >= 0.6 is 0 Å². The maximum Gasteiger partial charge on any atom is 0.227 e. The summed E-state index contributed by atoms with van der Waals surface area (Å²) in [6.07, 6.45) is 4.83. The van der Waals surface area contributed by atoms with E-state index in [2.05, 4.69) is 17.2 Å². The zero-order valence-electron chi connectivity index (χ0n) is 12.5. The number of carbonyl (C=O) groups excluding carboxylic acids is 1. The third kappa shape index (κ3) is 2.96. The topological polar surface area (TPSA) is 55.1 Å². The van der Waals surface area contributed by atoms with E-state index in [-0.39, 0.29) is 11.8 Å². The summed E-state index contributed by atoms with van der Waals surface area (Å²) < 4.78 is 0. The number of benzene rings is 1. The number of nitrogens with one attached hydrogen (secondary N) is 1. The number of rotatable bonds is 2. The first kappa shape index (κ1) is 14.2. The predicted molar refractivity (Wildman–Crippen MR) is 84.7 cm³/mol. The van der Waals surface area contributed by atoms with Crippen LogP contribution < -0.4 is 11.1 Å². The summed E-state index contributed by atoms with van der Waals surface area (Å²) in [5.41, 5.74) is 8.23. The first-order chi connectivity index (χ1) is 10.2. The Balaban J connectivity index is 1.77. The van der Waals surface area contributed by atoms with Crippen molar-refractivity contribution in [2.24, 2.45) is 23.5 Å². The second-order valence-electron chi connectivity index (χ2n) is 6.33. The van der Waals surface area contributed by atoms with Gasteiger partial charge in [-0.25, -0.2) is 0 Å². The van der Waals surface area contributed by atoms with E-state index >= 15 is 0 Å². The van der Waals surface area contributed by atoms with Gasteiger partial charge in [0.1, 0.15) is 0 Å². The van der Waals surface area contributed by atoms with Crippen molar-refractivity contribution in [1.82, 2.24) is 0 Å². The molecule has 3 atom stereocenters. The molecule has 3 nitrogen and oxygen atoms in total. The van der Waals surface area contributed by atoms with Gasteiger partial charge in [-0.3, -0.25) is 4.79 Å². The molecule has 1 aromatic carbocycles. The van der Waals surface area contributed by atoms with Crippen molar-refractivity contribution in [2.45, 2.75) is 32.6 Å². The van der Waals surface area contributed by atoms with Crippen molar-refractivity contribution in [1.29, 1.82) is 0 Å². The lowest BCUT2D eigenvalue weighted by molar-refractivity contribution is -0.121. The van der Waals surface area contributed by atoms with Crippen LogP contribution in [0.3, 0.4) is 0 Å². The molecule has 0 aromatic heterocycles. The van der Waals surface area contributed by atoms with Gasteiger partial charge >= 0.3 is 0 Å². The van der Waals surface area contributed by atoms with Crippen molar-refractivity contribution in [3.63, 3.8) is 0 Å². The minimum absolute atomic E-state index is 0.170. The molecule has 2 bridgehead atoms. The van der Waals surface area contributed by atoms with Crippen molar-refractivity contribution in [3.05, 3.63) is 29.3 Å². The first-order valence-electron chi connectivity index (χ1n) is 7.78. The zero-order chi connectivity index (χ0) is 14.8. The van der Waals surface area contributed by atoms with Crippen molar-refractivity contribution in [3.8, 4) is 11.8 Å². The summed E-state index contributed by atoms with van der Waals surface area (Å²) in [5.74, 6) is 7.64. The average Bonchev–Trinajstić information content (AvgIpc) is 3.09. The van der Waals surface area contributed by atoms with Crippen LogP contribution in [0, 0.1) is 36.5 Å². The Labute approximate surface area is 126 Å². The molecule has 0 spiro atoms. The smallest absolute Gasteiger partial charge is 0.227 e. The maximum absolute atomic E-state index is 12.6. The molecule has 0 aliphatic heterocycles. The lowest BCUT2D eigenvalue weighted by Gasteiger charge is -2.21. The van der Waals surface area contributed by atoms with Crippen LogP contribution in [-0.4, -0.2) is 12.5 Å². The van der Waals surface area contributed by atoms with Gasteiger partial charge in [0.05, 0.1) is 12.2 Å². The highest BCUT2D eigenvalue weighted by molar-refractivity contribution is 5.94. The van der Waals surface area contributed by atoms with Crippen molar-refractivity contribution >= 4 is 11.6 Å². The van der Waals surface area contributed by atoms with Gasteiger partial charge in [-0.15, -0.1) is 0 Å². The largest absolute Gasteiger partial charge is 0.325 e. The van der Waals surface area contributed by atoms with Gasteiger partial charge in [0.2, 0.25) is 5.91 Å². The molecule has 3 N–H and O–H groups in total. The zero-order valence-corrected chi connectivity index (χ0v) is 12.5. The Hall–Kier alpha value is -1.79. The number of hydrogen-bond donors (Lipinski definition) is 2. The highest BCUT2D eigenvalue weighted by Crippen LogP contribution is 2.48. The summed E-state index contributed by atoms with van der Waals surface area (Å²) >= 11 is 0. The molecule has 3 heteroatoms. The van der Waals surface area contributed by atoms with E-state index in [1.165, 1.54) is 19.3 Å². The molecule has 21 heavy (non-hydrogen) atoms. The number of aryl methyl sites for hydroxylation is 1. The van der Waals surface area contributed by atoms with E-state index in [0.717, 1.165) is 29.2 Å². The fourth-order valence-electron chi connectivity index (χ4n) is 3.81. The summed E-state index contributed by atoms with van der Waals surface area (Å²) in [7, 11) is 0. The van der Waals surface area contributed by atoms with Crippen molar-refractivity contribution < 1.29 is 4.79 Å². The molecule has 1 aromatic rings.